The van der Waals surface area contributed by atoms with Crippen molar-refractivity contribution in [3.05, 3.63) is 28.2 Å². The van der Waals surface area contributed by atoms with Crippen LogP contribution in [0.5, 0.6) is 5.75 Å². The molecule has 0 aliphatic heterocycles. The van der Waals surface area contributed by atoms with Gasteiger partial charge in [-0.3, -0.25) is 0 Å². The second kappa shape index (κ2) is 4.51. The van der Waals surface area contributed by atoms with Crippen molar-refractivity contribution in [2.45, 2.75) is 5.75 Å². The highest BCUT2D eigenvalue weighted by Gasteiger charge is 2.10. The second-order valence-electron chi connectivity index (χ2n) is 2.64. The number of methoxy groups -OCH3 is 1. The molecule has 1 aromatic rings. The molecular weight excluding hydrogens is 292 g/mol. The monoisotopic (exact) mass is 298 g/mol. The van der Waals surface area contributed by atoms with E-state index in [1.54, 1.807) is 25.3 Å². The summed E-state index contributed by atoms with van der Waals surface area (Å²) in [7, 11) is 3.16. The van der Waals surface area contributed by atoms with Gasteiger partial charge in [-0.05, 0) is 17.7 Å². The van der Waals surface area contributed by atoms with Crippen LogP contribution >= 0.6 is 26.6 Å². The van der Waals surface area contributed by atoms with Gasteiger partial charge in [0.25, 0.3) is 0 Å². The van der Waals surface area contributed by atoms with Crippen LogP contribution in [0, 0.1) is 0 Å². The first-order chi connectivity index (χ1) is 6.42. The molecule has 0 aromatic heterocycles. The van der Waals surface area contributed by atoms with E-state index in [-0.39, 0.29) is 5.75 Å². The van der Waals surface area contributed by atoms with Crippen LogP contribution in [0.3, 0.4) is 0 Å². The summed E-state index contributed by atoms with van der Waals surface area (Å²) in [6, 6.07) is 5.03. The lowest BCUT2D eigenvalue weighted by atomic mass is 10.2. The highest BCUT2D eigenvalue weighted by atomic mass is 79.9. The summed E-state index contributed by atoms with van der Waals surface area (Å²) >= 11 is 3.24. The predicted octanol–water partition coefficient (Wildman–Crippen LogP) is 2.53. The fraction of sp³-hybridized carbons (Fsp3) is 0.250. The molecule has 0 amide bonds. The van der Waals surface area contributed by atoms with Crippen LogP contribution in [0.4, 0.5) is 0 Å². The Kier molecular flexibility index (Phi) is 3.80. The third kappa shape index (κ3) is 3.48. The SMILES string of the molecule is COc1ccc(CS(=O)(=O)Cl)c(Br)c1. The molecule has 6 heteroatoms. The molecule has 0 N–H and O–H groups in total. The lowest BCUT2D eigenvalue weighted by molar-refractivity contribution is 0.414. The summed E-state index contributed by atoms with van der Waals surface area (Å²) in [5.41, 5.74) is 0.612. The zero-order valence-corrected chi connectivity index (χ0v) is 10.5. The van der Waals surface area contributed by atoms with Crippen molar-refractivity contribution >= 4 is 35.7 Å². The van der Waals surface area contributed by atoms with E-state index in [9.17, 15) is 8.42 Å². The summed E-state index contributed by atoms with van der Waals surface area (Å²) in [6.45, 7) is 0. The van der Waals surface area contributed by atoms with Gasteiger partial charge >= 0.3 is 0 Å². The van der Waals surface area contributed by atoms with Gasteiger partial charge in [-0.2, -0.15) is 0 Å². The minimum Gasteiger partial charge on any atom is -0.497 e. The maximum atomic E-state index is 10.8. The average Bonchev–Trinajstić information content (AvgIpc) is 2.06. The highest BCUT2D eigenvalue weighted by Crippen LogP contribution is 2.25. The number of benzene rings is 1. The molecule has 0 bridgehead atoms. The Bertz CT molecular complexity index is 430. The van der Waals surface area contributed by atoms with Crippen LogP contribution < -0.4 is 4.74 Å². The quantitative estimate of drug-likeness (QED) is 0.806. The van der Waals surface area contributed by atoms with E-state index in [1.807, 2.05) is 0 Å². The lowest BCUT2D eigenvalue weighted by Crippen LogP contribution is -1.96. The average molecular weight is 300 g/mol. The molecule has 3 nitrogen and oxygen atoms in total. The molecule has 0 aliphatic carbocycles. The van der Waals surface area contributed by atoms with Gasteiger partial charge in [-0.15, -0.1) is 0 Å². The van der Waals surface area contributed by atoms with Gasteiger partial charge in [-0.25, -0.2) is 8.42 Å². The molecule has 14 heavy (non-hydrogen) atoms. The zero-order chi connectivity index (χ0) is 10.8. The highest BCUT2D eigenvalue weighted by molar-refractivity contribution is 9.10. The molecule has 0 saturated heterocycles. The number of hydrogen-bond acceptors (Lipinski definition) is 3. The van der Waals surface area contributed by atoms with Crippen molar-refractivity contribution in [2.24, 2.45) is 0 Å². The Hall–Kier alpha value is -0.260. The molecule has 1 aromatic carbocycles. The first kappa shape index (κ1) is 11.8. The van der Waals surface area contributed by atoms with Crippen LogP contribution in [0.15, 0.2) is 22.7 Å². The molecule has 0 spiro atoms. The Morgan fingerprint density at radius 2 is 2.14 bits per heavy atom. The Balaban J connectivity index is 3.01. The standard InChI is InChI=1S/C8H8BrClO3S/c1-13-7-3-2-6(8(9)4-7)5-14(10,11)12/h2-4H,5H2,1H3. The van der Waals surface area contributed by atoms with E-state index >= 15 is 0 Å². The minimum absolute atomic E-state index is 0.195. The fourth-order valence-electron chi connectivity index (χ4n) is 0.958. The Morgan fingerprint density at radius 1 is 1.50 bits per heavy atom. The number of ether oxygens (including phenoxy) is 1. The maximum Gasteiger partial charge on any atom is 0.236 e. The van der Waals surface area contributed by atoms with Gasteiger partial charge in [0.2, 0.25) is 9.05 Å². The fourth-order valence-corrected chi connectivity index (χ4v) is 2.62. The molecule has 0 heterocycles. The third-order valence-corrected chi connectivity index (χ3v) is 3.31. The van der Waals surface area contributed by atoms with E-state index in [4.69, 9.17) is 15.4 Å². The zero-order valence-electron chi connectivity index (χ0n) is 7.33. The van der Waals surface area contributed by atoms with Crippen LogP contribution in [-0.2, 0) is 14.8 Å². The number of halogens is 2. The summed E-state index contributed by atoms with van der Waals surface area (Å²) in [5, 5.41) is 0. The van der Waals surface area contributed by atoms with Crippen LogP contribution in [-0.4, -0.2) is 15.5 Å². The molecule has 0 unspecified atom stereocenters. The van der Waals surface area contributed by atoms with Crippen molar-refractivity contribution < 1.29 is 13.2 Å². The molecule has 0 saturated carbocycles. The first-order valence-corrected chi connectivity index (χ1v) is 6.94. The summed E-state index contributed by atoms with van der Waals surface area (Å²) < 4.78 is 27.3. The Morgan fingerprint density at radius 3 is 2.57 bits per heavy atom. The maximum absolute atomic E-state index is 10.8. The first-order valence-electron chi connectivity index (χ1n) is 3.67. The van der Waals surface area contributed by atoms with E-state index in [1.165, 1.54) is 0 Å². The van der Waals surface area contributed by atoms with Gasteiger partial charge in [0.05, 0.1) is 12.9 Å². The summed E-state index contributed by atoms with van der Waals surface area (Å²) in [5.74, 6) is 0.465. The normalized spacial score (nSPS) is 11.4. The van der Waals surface area contributed by atoms with Crippen molar-refractivity contribution in [1.82, 2.24) is 0 Å². The van der Waals surface area contributed by atoms with Gasteiger partial charge in [0, 0.05) is 15.2 Å². The number of hydrogen-bond donors (Lipinski definition) is 0. The molecule has 0 radical (unpaired) electrons. The summed E-state index contributed by atoms with van der Waals surface area (Å²) in [6.07, 6.45) is 0. The molecule has 0 atom stereocenters. The largest absolute Gasteiger partial charge is 0.497 e. The second-order valence-corrected chi connectivity index (χ2v) is 6.27. The van der Waals surface area contributed by atoms with Gasteiger partial charge in [0.1, 0.15) is 5.75 Å². The van der Waals surface area contributed by atoms with E-state index in [0.717, 1.165) is 0 Å². The molecular formula is C8H8BrClO3S. The molecule has 1 rings (SSSR count). The van der Waals surface area contributed by atoms with E-state index in [0.29, 0.717) is 15.8 Å². The van der Waals surface area contributed by atoms with E-state index < -0.39 is 9.05 Å². The van der Waals surface area contributed by atoms with Gasteiger partial charge in [-0.1, -0.05) is 22.0 Å². The molecule has 78 valence electrons. The van der Waals surface area contributed by atoms with E-state index in [2.05, 4.69) is 15.9 Å². The van der Waals surface area contributed by atoms with Crippen LogP contribution in [0.1, 0.15) is 5.56 Å². The number of rotatable bonds is 3. The van der Waals surface area contributed by atoms with Gasteiger partial charge in [0.15, 0.2) is 0 Å². The smallest absolute Gasteiger partial charge is 0.236 e. The third-order valence-electron chi connectivity index (χ3n) is 1.59. The summed E-state index contributed by atoms with van der Waals surface area (Å²) in [4.78, 5) is 0. The molecule has 0 fully saturated rings. The van der Waals surface area contributed by atoms with Crippen molar-refractivity contribution in [3.63, 3.8) is 0 Å². The van der Waals surface area contributed by atoms with Crippen LogP contribution in [0.2, 0.25) is 0 Å². The Labute approximate surface area is 95.6 Å². The van der Waals surface area contributed by atoms with Crippen molar-refractivity contribution in [2.75, 3.05) is 7.11 Å². The minimum atomic E-state index is -3.52. The molecule has 0 aliphatic rings. The lowest BCUT2D eigenvalue weighted by Gasteiger charge is -2.04. The topological polar surface area (TPSA) is 43.4 Å². The van der Waals surface area contributed by atoms with Crippen molar-refractivity contribution in [3.8, 4) is 5.75 Å². The predicted molar refractivity (Wildman–Crippen MR) is 59.2 cm³/mol. The van der Waals surface area contributed by atoms with Gasteiger partial charge < -0.3 is 4.74 Å². The van der Waals surface area contributed by atoms with Crippen LogP contribution in [0.25, 0.3) is 0 Å². The van der Waals surface area contributed by atoms with Crippen molar-refractivity contribution in [1.29, 1.82) is 0 Å².